The van der Waals surface area contributed by atoms with Gasteiger partial charge in [0.25, 0.3) is 5.91 Å². The number of hydrogen-bond donors (Lipinski definition) is 2. The minimum Gasteiger partial charge on any atom is -0.508 e. The van der Waals surface area contributed by atoms with Gasteiger partial charge in [-0.15, -0.1) is 0 Å². The Morgan fingerprint density at radius 2 is 1.52 bits per heavy atom. The third-order valence-corrected chi connectivity index (χ3v) is 6.97. The summed E-state index contributed by atoms with van der Waals surface area (Å²) in [5, 5.41) is 9.69. The first-order valence-electron chi connectivity index (χ1n) is 12.5. The number of hydrogen-bond acceptors (Lipinski definition) is 7. The molecule has 0 aliphatic heterocycles. The highest BCUT2D eigenvalue weighted by molar-refractivity contribution is 6.08. The van der Waals surface area contributed by atoms with Crippen LogP contribution in [-0.2, 0) is 21.5 Å². The average molecular weight is 545 g/mol. The predicted octanol–water partition coefficient (Wildman–Crippen LogP) is 4.27. The van der Waals surface area contributed by atoms with Crippen LogP contribution in [0.5, 0.6) is 28.7 Å². The van der Waals surface area contributed by atoms with E-state index >= 15 is 0 Å². The van der Waals surface area contributed by atoms with Gasteiger partial charge in [-0.05, 0) is 41.8 Å². The van der Waals surface area contributed by atoms with Gasteiger partial charge in [0.15, 0.2) is 11.5 Å². The van der Waals surface area contributed by atoms with Gasteiger partial charge >= 0.3 is 0 Å². The lowest BCUT2D eigenvalue weighted by molar-refractivity contribution is -0.122. The molecule has 1 aliphatic rings. The number of benzene rings is 3. The number of rotatable bonds is 10. The highest BCUT2D eigenvalue weighted by Crippen LogP contribution is 2.42. The van der Waals surface area contributed by atoms with Crippen molar-refractivity contribution in [3.8, 4) is 28.7 Å². The number of ether oxygens (including phenoxy) is 4. The highest BCUT2D eigenvalue weighted by atomic mass is 16.5. The quantitative estimate of drug-likeness (QED) is 0.391. The van der Waals surface area contributed by atoms with Crippen LogP contribution in [0, 0.1) is 0 Å². The summed E-state index contributed by atoms with van der Waals surface area (Å²) < 4.78 is 21.8. The lowest BCUT2D eigenvalue weighted by Gasteiger charge is -2.31. The Hall–Kier alpha value is -4.92. The van der Waals surface area contributed by atoms with Gasteiger partial charge in [0, 0.05) is 17.7 Å². The maximum absolute atomic E-state index is 14.1. The van der Waals surface area contributed by atoms with E-state index in [0.717, 1.165) is 5.56 Å². The fourth-order valence-electron chi connectivity index (χ4n) is 4.67. The monoisotopic (exact) mass is 544 g/mol. The molecule has 2 amide bonds. The summed E-state index contributed by atoms with van der Waals surface area (Å²) in [4.78, 5) is 28.3. The highest BCUT2D eigenvalue weighted by Gasteiger charge is 2.38. The zero-order valence-electron chi connectivity index (χ0n) is 22.8. The fraction of sp³-hybridized carbons (Fsp3) is 0.226. The first-order chi connectivity index (χ1) is 19.3. The number of anilines is 1. The number of phenols is 1. The van der Waals surface area contributed by atoms with Gasteiger partial charge in [0.05, 0.1) is 46.1 Å². The molecule has 208 valence electrons. The van der Waals surface area contributed by atoms with E-state index in [1.165, 1.54) is 33.5 Å². The van der Waals surface area contributed by atoms with E-state index < -0.39 is 11.3 Å². The molecule has 0 heterocycles. The van der Waals surface area contributed by atoms with Gasteiger partial charge in [-0.2, -0.15) is 0 Å². The predicted molar refractivity (Wildman–Crippen MR) is 151 cm³/mol. The van der Waals surface area contributed by atoms with E-state index in [-0.39, 0.29) is 24.6 Å². The maximum Gasteiger partial charge on any atom is 0.258 e. The molecule has 3 aromatic carbocycles. The van der Waals surface area contributed by atoms with Gasteiger partial charge in [-0.1, -0.05) is 42.5 Å². The van der Waals surface area contributed by atoms with Crippen LogP contribution in [-0.4, -0.2) is 45.4 Å². The number of carbonyl (C=O) groups is 2. The summed E-state index contributed by atoms with van der Waals surface area (Å²) in [6.45, 7) is 0.228. The number of primary amides is 1. The van der Waals surface area contributed by atoms with Crippen LogP contribution >= 0.6 is 0 Å². The smallest absolute Gasteiger partial charge is 0.258 e. The molecule has 1 atom stereocenters. The summed E-state index contributed by atoms with van der Waals surface area (Å²) >= 11 is 0. The van der Waals surface area contributed by atoms with E-state index in [2.05, 4.69) is 0 Å². The third kappa shape index (κ3) is 5.44. The van der Waals surface area contributed by atoms with E-state index in [9.17, 15) is 14.7 Å². The molecule has 0 saturated heterocycles. The van der Waals surface area contributed by atoms with Crippen LogP contribution in [0.25, 0.3) is 0 Å². The van der Waals surface area contributed by atoms with Crippen LogP contribution in [0.4, 0.5) is 5.69 Å². The Balaban J connectivity index is 1.74. The molecule has 0 bridgehead atoms. The summed E-state index contributed by atoms with van der Waals surface area (Å²) in [6, 6.07) is 17.1. The molecule has 3 aromatic rings. The van der Waals surface area contributed by atoms with Crippen molar-refractivity contribution in [2.75, 3.05) is 33.3 Å². The lowest BCUT2D eigenvalue weighted by Crippen LogP contribution is -2.41. The van der Waals surface area contributed by atoms with Crippen LogP contribution in [0.15, 0.2) is 84.5 Å². The summed E-state index contributed by atoms with van der Waals surface area (Å²) in [5.74, 6) is 1.12. The van der Waals surface area contributed by atoms with Crippen LogP contribution in [0.2, 0.25) is 0 Å². The zero-order chi connectivity index (χ0) is 28.9. The van der Waals surface area contributed by atoms with Crippen molar-refractivity contribution in [1.82, 2.24) is 0 Å². The summed E-state index contributed by atoms with van der Waals surface area (Å²) in [7, 11) is 6.12. The molecule has 1 aliphatic carbocycles. The summed E-state index contributed by atoms with van der Waals surface area (Å²) in [5.41, 5.74) is 7.08. The fourth-order valence-corrected chi connectivity index (χ4v) is 4.67. The van der Waals surface area contributed by atoms with Crippen LogP contribution in [0.3, 0.4) is 0 Å². The maximum atomic E-state index is 14.1. The molecule has 40 heavy (non-hydrogen) atoms. The van der Waals surface area contributed by atoms with E-state index in [0.29, 0.717) is 39.8 Å². The van der Waals surface area contributed by atoms with E-state index in [4.69, 9.17) is 24.7 Å². The van der Waals surface area contributed by atoms with Crippen molar-refractivity contribution in [3.05, 3.63) is 95.6 Å². The minimum atomic E-state index is -1.15. The van der Waals surface area contributed by atoms with Crippen molar-refractivity contribution in [3.63, 3.8) is 0 Å². The Kier molecular flexibility index (Phi) is 8.33. The summed E-state index contributed by atoms with van der Waals surface area (Å²) in [6.07, 6.45) is 5.15. The number of aromatic hydroxyl groups is 1. The van der Waals surface area contributed by atoms with Gasteiger partial charge in [-0.3, -0.25) is 9.59 Å². The first-order valence-corrected chi connectivity index (χ1v) is 12.5. The second-order valence-electron chi connectivity index (χ2n) is 9.20. The normalized spacial score (nSPS) is 16.1. The number of allylic oxidation sites excluding steroid dienone is 1. The SMILES string of the molecule is COc1ccc(CN(C(=O)C2=CCC(C(N)=O)(c3ccc(O)cc3)C=C2)c2cc(OC)c(OC)c(OC)c2)cc1. The van der Waals surface area contributed by atoms with Crippen molar-refractivity contribution in [1.29, 1.82) is 0 Å². The second kappa shape index (κ2) is 11.9. The van der Waals surface area contributed by atoms with Crippen molar-refractivity contribution in [2.24, 2.45) is 5.73 Å². The molecule has 9 heteroatoms. The number of methoxy groups -OCH3 is 4. The van der Waals surface area contributed by atoms with Gasteiger partial charge in [0.2, 0.25) is 11.7 Å². The number of phenolic OH excluding ortho intramolecular Hbond substituents is 1. The molecular formula is C31H32N2O7. The average Bonchev–Trinajstić information content (AvgIpc) is 2.99. The number of amides is 2. The molecule has 0 saturated carbocycles. The first kappa shape index (κ1) is 28.1. The molecule has 9 nitrogen and oxygen atoms in total. The van der Waals surface area contributed by atoms with Crippen LogP contribution < -0.4 is 29.6 Å². The molecule has 0 fully saturated rings. The van der Waals surface area contributed by atoms with Gasteiger partial charge in [0.1, 0.15) is 11.5 Å². The Morgan fingerprint density at radius 1 is 0.900 bits per heavy atom. The molecule has 4 rings (SSSR count). The van der Waals surface area contributed by atoms with Crippen LogP contribution in [0.1, 0.15) is 17.5 Å². The number of nitrogens with two attached hydrogens (primary N) is 1. The van der Waals surface area contributed by atoms with Crippen molar-refractivity contribution < 1.29 is 33.6 Å². The Labute approximate surface area is 233 Å². The number of nitrogens with zero attached hydrogens (tertiary/aromatic N) is 1. The third-order valence-electron chi connectivity index (χ3n) is 6.97. The zero-order valence-corrected chi connectivity index (χ0v) is 22.8. The number of carbonyl (C=O) groups excluding carboxylic acids is 2. The van der Waals surface area contributed by atoms with Crippen molar-refractivity contribution >= 4 is 17.5 Å². The van der Waals surface area contributed by atoms with Crippen molar-refractivity contribution in [2.45, 2.75) is 18.4 Å². The molecule has 0 aromatic heterocycles. The molecule has 1 unspecified atom stereocenters. The Bertz CT molecular complexity index is 1420. The topological polar surface area (TPSA) is 121 Å². The Morgan fingerprint density at radius 3 is 2.00 bits per heavy atom. The molecular weight excluding hydrogens is 512 g/mol. The molecule has 0 radical (unpaired) electrons. The standard InChI is InChI=1S/C31H32N2O7/c1-37-25-11-5-20(6-12-25)19-33(23-17-26(38-2)28(40-4)27(18-23)39-3)29(35)21-13-15-31(16-14-21,30(32)36)22-7-9-24(34)10-8-22/h5-15,17-18,34H,16,19H2,1-4H3,(H2,32,36). The largest absolute Gasteiger partial charge is 0.508 e. The second-order valence-corrected chi connectivity index (χ2v) is 9.20. The molecule has 3 N–H and O–H groups in total. The lowest BCUT2D eigenvalue weighted by atomic mass is 9.73. The minimum absolute atomic E-state index is 0.0779. The van der Waals surface area contributed by atoms with E-state index in [1.54, 1.807) is 54.5 Å². The van der Waals surface area contributed by atoms with Gasteiger partial charge < -0.3 is 34.7 Å². The van der Waals surface area contributed by atoms with Gasteiger partial charge in [-0.25, -0.2) is 0 Å². The molecule has 0 spiro atoms. The van der Waals surface area contributed by atoms with E-state index in [1.807, 2.05) is 24.3 Å².